The maximum atomic E-state index is 12.2. The van der Waals surface area contributed by atoms with E-state index in [1.54, 1.807) is 0 Å². The zero-order valence-corrected chi connectivity index (χ0v) is 17.5. The summed E-state index contributed by atoms with van der Waals surface area (Å²) in [6.45, 7) is -0.00766. The molecule has 0 saturated heterocycles. The number of ether oxygens (including phenoxy) is 1. The summed E-state index contributed by atoms with van der Waals surface area (Å²) in [4.78, 5) is 20.1. The van der Waals surface area contributed by atoms with Crippen LogP contribution in [-0.2, 0) is 4.74 Å². The Kier molecular flexibility index (Phi) is 6.08. The fourth-order valence-electron chi connectivity index (χ4n) is 3.62. The van der Waals surface area contributed by atoms with Gasteiger partial charge in [-0.05, 0) is 38.2 Å². The van der Waals surface area contributed by atoms with E-state index in [0.717, 1.165) is 22.3 Å². The summed E-state index contributed by atoms with van der Waals surface area (Å²) in [5.41, 5.74) is 4.75. The molecule has 1 aliphatic carbocycles. The van der Waals surface area contributed by atoms with E-state index in [1.165, 1.54) is 12.4 Å². The molecule has 2 aromatic carbocycles. The topological polar surface area (TPSA) is 105 Å². The van der Waals surface area contributed by atoms with Crippen LogP contribution in [0.1, 0.15) is 28.8 Å². The van der Waals surface area contributed by atoms with Crippen LogP contribution in [0.2, 0.25) is 0 Å². The Morgan fingerprint density at radius 1 is 1.03 bits per heavy atom. The van der Waals surface area contributed by atoms with E-state index in [2.05, 4.69) is 43.3 Å². The molecule has 0 saturated carbocycles. The largest absolute Gasteiger partial charge is 0.449 e. The third-order valence-electron chi connectivity index (χ3n) is 5.11. The van der Waals surface area contributed by atoms with E-state index in [4.69, 9.17) is 4.74 Å². The van der Waals surface area contributed by atoms with Gasteiger partial charge in [0.25, 0.3) is 0 Å². The van der Waals surface area contributed by atoms with Crippen LogP contribution in [0.15, 0.2) is 65.5 Å². The van der Waals surface area contributed by atoms with Gasteiger partial charge in [0.05, 0.1) is 18.1 Å². The Bertz CT molecular complexity index is 999. The van der Waals surface area contributed by atoms with E-state index in [0.29, 0.717) is 4.60 Å². The van der Waals surface area contributed by atoms with Gasteiger partial charge in [-0.1, -0.05) is 48.5 Å². The Labute approximate surface area is 181 Å². The average Bonchev–Trinajstić information content (AvgIpc) is 3.10. The first-order chi connectivity index (χ1) is 14.5. The number of carbonyl (C=O) groups is 1. The van der Waals surface area contributed by atoms with Crippen LogP contribution in [-0.4, -0.2) is 45.5 Å². The number of hydrogen-bond acceptors (Lipinski definition) is 6. The fourth-order valence-corrected chi connectivity index (χ4v) is 3.83. The van der Waals surface area contributed by atoms with Crippen LogP contribution in [0.5, 0.6) is 0 Å². The van der Waals surface area contributed by atoms with Crippen molar-refractivity contribution < 1.29 is 19.7 Å². The van der Waals surface area contributed by atoms with E-state index in [-0.39, 0.29) is 24.8 Å². The Morgan fingerprint density at radius 3 is 2.27 bits per heavy atom. The van der Waals surface area contributed by atoms with E-state index >= 15 is 0 Å². The van der Waals surface area contributed by atoms with Gasteiger partial charge in [-0.15, -0.1) is 0 Å². The molecule has 1 aliphatic rings. The molecule has 0 fully saturated rings. The minimum Gasteiger partial charge on any atom is -0.449 e. The number of aliphatic hydroxyl groups excluding tert-OH is 2. The highest BCUT2D eigenvalue weighted by Gasteiger charge is 2.29. The summed E-state index contributed by atoms with van der Waals surface area (Å²) < 4.78 is 5.93. The highest BCUT2D eigenvalue weighted by molar-refractivity contribution is 9.10. The molecule has 3 N–H and O–H groups in total. The Hall–Kier alpha value is -2.81. The van der Waals surface area contributed by atoms with Gasteiger partial charge in [0.15, 0.2) is 0 Å². The number of hydrogen-bond donors (Lipinski definition) is 3. The summed E-state index contributed by atoms with van der Waals surface area (Å²) in [5, 5.41) is 22.8. The van der Waals surface area contributed by atoms with Gasteiger partial charge in [-0.2, -0.15) is 0 Å². The van der Waals surface area contributed by atoms with Crippen molar-refractivity contribution in [3.05, 3.63) is 82.3 Å². The Balaban J connectivity index is 1.33. The van der Waals surface area contributed by atoms with Crippen molar-refractivity contribution in [1.29, 1.82) is 0 Å². The zero-order chi connectivity index (χ0) is 21.1. The molecule has 30 heavy (non-hydrogen) atoms. The third-order valence-corrected chi connectivity index (χ3v) is 5.52. The molecule has 4 rings (SSSR count). The van der Waals surface area contributed by atoms with Crippen LogP contribution >= 0.6 is 15.9 Å². The number of aliphatic hydroxyl groups is 2. The van der Waals surface area contributed by atoms with Crippen LogP contribution in [0.3, 0.4) is 0 Å². The average molecular weight is 470 g/mol. The molecule has 1 heterocycles. The third kappa shape index (κ3) is 4.21. The predicted octanol–water partition coefficient (Wildman–Crippen LogP) is 3.17. The number of nitrogens with one attached hydrogen (secondary N) is 1. The minimum atomic E-state index is -1.28. The molecule has 7 nitrogen and oxygen atoms in total. The summed E-state index contributed by atoms with van der Waals surface area (Å²) in [5.74, 6) is -0.0447. The van der Waals surface area contributed by atoms with Gasteiger partial charge in [0.2, 0.25) is 0 Å². The fraction of sp³-hybridized carbons (Fsp3) is 0.227. The van der Waals surface area contributed by atoms with Gasteiger partial charge in [-0.25, -0.2) is 9.78 Å². The molecule has 0 bridgehead atoms. The van der Waals surface area contributed by atoms with Gasteiger partial charge in [0, 0.05) is 12.5 Å². The first-order valence-electron chi connectivity index (χ1n) is 9.47. The number of aromatic nitrogens is 2. The molecule has 1 amide bonds. The van der Waals surface area contributed by atoms with Crippen molar-refractivity contribution in [2.75, 3.05) is 13.2 Å². The first kappa shape index (κ1) is 20.5. The number of carbonyl (C=O) groups excluding carboxylic acids is 1. The SMILES string of the molecule is O=C(NCC(O)C(O)c1cnc(Br)cn1)OCC1c2ccccc2-c2ccccc21. The van der Waals surface area contributed by atoms with Crippen molar-refractivity contribution in [1.82, 2.24) is 15.3 Å². The minimum absolute atomic E-state index is 0.0447. The van der Waals surface area contributed by atoms with Crippen LogP contribution < -0.4 is 5.32 Å². The molecule has 2 unspecified atom stereocenters. The van der Waals surface area contributed by atoms with E-state index < -0.39 is 18.3 Å². The standard InChI is InChI=1S/C22H20BrN3O4/c23-20-11-24-18(9-25-20)21(28)19(27)10-26-22(29)30-12-17-15-7-3-1-5-13(15)14-6-2-4-8-16(14)17/h1-9,11,17,19,21,27-28H,10,12H2,(H,26,29). The van der Waals surface area contributed by atoms with E-state index in [9.17, 15) is 15.0 Å². The van der Waals surface area contributed by atoms with Crippen molar-refractivity contribution in [3.8, 4) is 11.1 Å². The number of benzene rings is 2. The summed E-state index contributed by atoms with van der Waals surface area (Å²) in [7, 11) is 0. The normalized spacial score (nSPS) is 14.5. The highest BCUT2D eigenvalue weighted by Crippen LogP contribution is 2.44. The number of amides is 1. The second-order valence-electron chi connectivity index (χ2n) is 6.98. The highest BCUT2D eigenvalue weighted by atomic mass is 79.9. The maximum absolute atomic E-state index is 12.2. The van der Waals surface area contributed by atoms with Crippen LogP contribution in [0, 0.1) is 0 Å². The van der Waals surface area contributed by atoms with Gasteiger partial charge in [-0.3, -0.25) is 4.98 Å². The quantitative estimate of drug-likeness (QED) is 0.512. The Morgan fingerprint density at radius 2 is 1.67 bits per heavy atom. The van der Waals surface area contributed by atoms with E-state index in [1.807, 2.05) is 36.4 Å². The zero-order valence-electron chi connectivity index (χ0n) is 15.9. The molecule has 8 heteroatoms. The maximum Gasteiger partial charge on any atom is 0.407 e. The molecular weight excluding hydrogens is 450 g/mol. The second-order valence-corrected chi connectivity index (χ2v) is 7.80. The lowest BCUT2D eigenvalue weighted by Gasteiger charge is -2.18. The number of alkyl carbamates (subject to hydrolysis) is 1. The lowest BCUT2D eigenvalue weighted by Crippen LogP contribution is -2.36. The molecule has 2 atom stereocenters. The number of halogens is 1. The number of nitrogens with zero attached hydrogens (tertiary/aromatic N) is 2. The van der Waals surface area contributed by atoms with Crippen molar-refractivity contribution >= 4 is 22.0 Å². The number of fused-ring (bicyclic) bond motifs is 3. The molecule has 3 aromatic rings. The molecule has 0 spiro atoms. The monoisotopic (exact) mass is 469 g/mol. The predicted molar refractivity (Wildman–Crippen MR) is 114 cm³/mol. The second kappa shape index (κ2) is 8.91. The number of rotatable bonds is 6. The van der Waals surface area contributed by atoms with Crippen molar-refractivity contribution in [2.24, 2.45) is 0 Å². The van der Waals surface area contributed by atoms with Crippen LogP contribution in [0.25, 0.3) is 11.1 Å². The van der Waals surface area contributed by atoms with Crippen LogP contribution in [0.4, 0.5) is 4.79 Å². The molecule has 0 aliphatic heterocycles. The van der Waals surface area contributed by atoms with Crippen molar-refractivity contribution in [3.63, 3.8) is 0 Å². The lowest BCUT2D eigenvalue weighted by atomic mass is 9.98. The summed E-state index contributed by atoms with van der Waals surface area (Å²) in [6.07, 6.45) is -0.416. The van der Waals surface area contributed by atoms with Gasteiger partial charge >= 0.3 is 6.09 Å². The van der Waals surface area contributed by atoms with Crippen molar-refractivity contribution in [2.45, 2.75) is 18.1 Å². The van der Waals surface area contributed by atoms with Gasteiger partial charge in [0.1, 0.15) is 23.4 Å². The van der Waals surface area contributed by atoms with Gasteiger partial charge < -0.3 is 20.3 Å². The summed E-state index contributed by atoms with van der Waals surface area (Å²) >= 11 is 3.16. The smallest absolute Gasteiger partial charge is 0.407 e. The summed E-state index contributed by atoms with van der Waals surface area (Å²) in [6, 6.07) is 16.2. The molecule has 0 radical (unpaired) electrons. The lowest BCUT2D eigenvalue weighted by molar-refractivity contribution is 0.0158. The molecule has 154 valence electrons. The molecule has 1 aromatic heterocycles. The first-order valence-corrected chi connectivity index (χ1v) is 10.3. The molecular formula is C22H20BrN3O4.